The first-order valence-electron chi connectivity index (χ1n) is 7.90. The van der Waals surface area contributed by atoms with E-state index >= 15 is 0 Å². The van der Waals surface area contributed by atoms with Crippen LogP contribution in [0, 0.1) is 11.8 Å². The molecule has 1 heterocycles. The zero-order valence-corrected chi connectivity index (χ0v) is 12.3. The van der Waals surface area contributed by atoms with Crippen molar-refractivity contribution in [2.24, 2.45) is 11.8 Å². The average Bonchev–Trinajstić information content (AvgIpc) is 2.53. The third-order valence-corrected chi connectivity index (χ3v) is 4.66. The number of fused-ring (bicyclic) bond motifs is 1. The van der Waals surface area contributed by atoms with Crippen LogP contribution in [0.3, 0.4) is 0 Å². The summed E-state index contributed by atoms with van der Waals surface area (Å²) in [6.07, 6.45) is 4.58. The highest BCUT2D eigenvalue weighted by atomic mass is 16.5. The number of nitrogens with one attached hydrogen (secondary N) is 1. The summed E-state index contributed by atoms with van der Waals surface area (Å²) in [7, 11) is 0. The molecule has 1 fully saturated rings. The van der Waals surface area contributed by atoms with Gasteiger partial charge in [0.05, 0.1) is 12.0 Å². The third-order valence-electron chi connectivity index (χ3n) is 4.66. The number of benzene rings is 1. The Morgan fingerprint density at radius 3 is 2.95 bits per heavy atom. The molecule has 1 aliphatic carbocycles. The van der Waals surface area contributed by atoms with Crippen LogP contribution in [0.5, 0.6) is 5.75 Å². The Bertz CT molecular complexity index is 503. The molecule has 1 aromatic carbocycles. The molecule has 3 rings (SSSR count). The summed E-state index contributed by atoms with van der Waals surface area (Å²) in [6.45, 7) is 1.02. The third kappa shape index (κ3) is 3.38. The number of para-hydroxylation sites is 1. The molecule has 0 spiro atoms. The lowest BCUT2D eigenvalue weighted by atomic mass is 9.86. The lowest BCUT2D eigenvalue weighted by Crippen LogP contribution is -2.42. The number of carbonyl (C=O) groups excluding carboxylic acids is 1. The predicted molar refractivity (Wildman–Crippen MR) is 80.1 cm³/mol. The monoisotopic (exact) mass is 289 g/mol. The second-order valence-electron chi connectivity index (χ2n) is 6.18. The molecule has 114 valence electrons. The van der Waals surface area contributed by atoms with Crippen LogP contribution in [0.15, 0.2) is 24.3 Å². The molecule has 21 heavy (non-hydrogen) atoms. The molecule has 1 aromatic rings. The quantitative estimate of drug-likeness (QED) is 0.893. The predicted octanol–water partition coefficient (Wildman–Crippen LogP) is 1.90. The maximum atomic E-state index is 12.3. The molecular weight excluding hydrogens is 266 g/mol. The van der Waals surface area contributed by atoms with Gasteiger partial charge in [0.15, 0.2) is 0 Å². The Kier molecular flexibility index (Phi) is 4.44. The first-order chi connectivity index (χ1) is 10.2. The van der Waals surface area contributed by atoms with Gasteiger partial charge in [-0.3, -0.25) is 4.79 Å². The zero-order chi connectivity index (χ0) is 14.7. The average molecular weight is 289 g/mol. The molecule has 0 saturated heterocycles. The lowest BCUT2D eigenvalue weighted by molar-refractivity contribution is -0.126. The van der Waals surface area contributed by atoms with Crippen molar-refractivity contribution in [3.05, 3.63) is 29.8 Å². The first-order valence-corrected chi connectivity index (χ1v) is 7.90. The number of hydrogen-bond donors (Lipinski definition) is 2. The minimum absolute atomic E-state index is 0.0438. The molecule has 3 unspecified atom stereocenters. The van der Waals surface area contributed by atoms with Crippen LogP contribution in [0.1, 0.15) is 31.2 Å². The van der Waals surface area contributed by atoms with Gasteiger partial charge < -0.3 is 15.2 Å². The van der Waals surface area contributed by atoms with Crippen molar-refractivity contribution in [2.75, 3.05) is 13.2 Å². The summed E-state index contributed by atoms with van der Waals surface area (Å²) >= 11 is 0. The fraction of sp³-hybridized carbons (Fsp3) is 0.588. The number of aliphatic hydroxyl groups is 1. The Morgan fingerprint density at radius 1 is 1.29 bits per heavy atom. The summed E-state index contributed by atoms with van der Waals surface area (Å²) in [4.78, 5) is 12.3. The van der Waals surface area contributed by atoms with E-state index in [-0.39, 0.29) is 23.8 Å². The normalized spacial score (nSPS) is 28.3. The molecule has 2 N–H and O–H groups in total. The molecular formula is C17H23NO3. The molecule has 1 aliphatic heterocycles. The summed E-state index contributed by atoms with van der Waals surface area (Å²) in [5.74, 6) is 1.02. The van der Waals surface area contributed by atoms with Crippen molar-refractivity contribution >= 4 is 5.91 Å². The second-order valence-corrected chi connectivity index (χ2v) is 6.18. The van der Waals surface area contributed by atoms with E-state index in [9.17, 15) is 9.90 Å². The van der Waals surface area contributed by atoms with E-state index < -0.39 is 0 Å². The van der Waals surface area contributed by atoms with Gasteiger partial charge in [0.25, 0.3) is 0 Å². The Hall–Kier alpha value is -1.55. The van der Waals surface area contributed by atoms with Gasteiger partial charge in [0.1, 0.15) is 12.4 Å². The molecule has 0 radical (unpaired) electrons. The summed E-state index contributed by atoms with van der Waals surface area (Å²) in [5.41, 5.74) is 1.10. The standard InChI is InChI=1S/C17H23NO3/c19-15-7-3-1-6-13(15)10-18-17(20)14-9-12-5-2-4-8-16(12)21-11-14/h2,4-5,8,13-15,19H,1,3,6-7,9-11H2,(H,18,20). The van der Waals surface area contributed by atoms with Crippen LogP contribution in [-0.2, 0) is 11.2 Å². The first kappa shape index (κ1) is 14.4. The van der Waals surface area contributed by atoms with Gasteiger partial charge in [-0.05, 0) is 30.9 Å². The van der Waals surface area contributed by atoms with E-state index in [1.807, 2.05) is 24.3 Å². The van der Waals surface area contributed by atoms with Crippen molar-refractivity contribution in [3.63, 3.8) is 0 Å². The van der Waals surface area contributed by atoms with Crippen molar-refractivity contribution in [2.45, 2.75) is 38.2 Å². The van der Waals surface area contributed by atoms with Crippen LogP contribution in [0.4, 0.5) is 0 Å². The van der Waals surface area contributed by atoms with Gasteiger partial charge in [-0.25, -0.2) is 0 Å². The maximum Gasteiger partial charge on any atom is 0.226 e. The van der Waals surface area contributed by atoms with Crippen LogP contribution < -0.4 is 10.1 Å². The maximum absolute atomic E-state index is 12.3. The Balaban J connectivity index is 1.52. The number of ether oxygens (including phenoxy) is 1. The summed E-state index contributed by atoms with van der Waals surface area (Å²) < 4.78 is 5.66. The minimum Gasteiger partial charge on any atom is -0.492 e. The van der Waals surface area contributed by atoms with Crippen LogP contribution in [0.2, 0.25) is 0 Å². The summed E-state index contributed by atoms with van der Waals surface area (Å²) in [6, 6.07) is 7.88. The van der Waals surface area contributed by atoms with Crippen LogP contribution >= 0.6 is 0 Å². The van der Waals surface area contributed by atoms with E-state index in [0.29, 0.717) is 13.2 Å². The molecule has 4 nitrogen and oxygen atoms in total. The van der Waals surface area contributed by atoms with Gasteiger partial charge >= 0.3 is 0 Å². The highest BCUT2D eigenvalue weighted by Crippen LogP contribution is 2.27. The van der Waals surface area contributed by atoms with Crippen molar-refractivity contribution in [1.29, 1.82) is 0 Å². The largest absolute Gasteiger partial charge is 0.492 e. The van der Waals surface area contributed by atoms with E-state index in [1.54, 1.807) is 0 Å². The van der Waals surface area contributed by atoms with Gasteiger partial charge in [-0.2, -0.15) is 0 Å². The van der Waals surface area contributed by atoms with Crippen LogP contribution in [0.25, 0.3) is 0 Å². The molecule has 0 aromatic heterocycles. The van der Waals surface area contributed by atoms with E-state index in [0.717, 1.165) is 43.4 Å². The molecule has 0 bridgehead atoms. The molecule has 2 aliphatic rings. The topological polar surface area (TPSA) is 58.6 Å². The fourth-order valence-corrected chi connectivity index (χ4v) is 3.30. The molecule has 1 saturated carbocycles. The number of carbonyl (C=O) groups is 1. The zero-order valence-electron chi connectivity index (χ0n) is 12.3. The van der Waals surface area contributed by atoms with Crippen molar-refractivity contribution < 1.29 is 14.6 Å². The number of rotatable bonds is 3. The van der Waals surface area contributed by atoms with Crippen molar-refractivity contribution in [1.82, 2.24) is 5.32 Å². The molecule has 3 atom stereocenters. The van der Waals surface area contributed by atoms with Gasteiger partial charge in [-0.1, -0.05) is 31.0 Å². The van der Waals surface area contributed by atoms with E-state index in [4.69, 9.17) is 4.74 Å². The van der Waals surface area contributed by atoms with Crippen molar-refractivity contribution in [3.8, 4) is 5.75 Å². The summed E-state index contributed by atoms with van der Waals surface area (Å²) in [5, 5.41) is 13.0. The highest BCUT2D eigenvalue weighted by molar-refractivity contribution is 5.79. The van der Waals surface area contributed by atoms with E-state index in [1.165, 1.54) is 0 Å². The number of aliphatic hydroxyl groups excluding tert-OH is 1. The second kappa shape index (κ2) is 6.48. The van der Waals surface area contributed by atoms with E-state index in [2.05, 4.69) is 5.32 Å². The lowest BCUT2D eigenvalue weighted by Gasteiger charge is -2.29. The van der Waals surface area contributed by atoms with Crippen LogP contribution in [-0.4, -0.2) is 30.3 Å². The van der Waals surface area contributed by atoms with Gasteiger partial charge in [-0.15, -0.1) is 0 Å². The van der Waals surface area contributed by atoms with Gasteiger partial charge in [0.2, 0.25) is 5.91 Å². The minimum atomic E-state index is -0.262. The highest BCUT2D eigenvalue weighted by Gasteiger charge is 2.28. The Labute approximate surface area is 125 Å². The Morgan fingerprint density at radius 2 is 2.10 bits per heavy atom. The smallest absolute Gasteiger partial charge is 0.226 e. The number of hydrogen-bond acceptors (Lipinski definition) is 3. The SMILES string of the molecule is O=C(NCC1CCCCC1O)C1COc2ccccc2C1. The molecule has 4 heteroatoms. The van der Waals surface area contributed by atoms with Gasteiger partial charge in [0, 0.05) is 12.5 Å². The molecule has 1 amide bonds. The number of amides is 1. The fourth-order valence-electron chi connectivity index (χ4n) is 3.30.